The van der Waals surface area contributed by atoms with Crippen molar-refractivity contribution in [2.75, 3.05) is 19.4 Å². The Labute approximate surface area is 84.7 Å². The third-order valence-electron chi connectivity index (χ3n) is 1.53. The highest BCUT2D eigenvalue weighted by atomic mass is 31.2. The van der Waals surface area contributed by atoms with Crippen molar-refractivity contribution in [3.63, 3.8) is 0 Å². The van der Waals surface area contributed by atoms with Crippen molar-refractivity contribution in [1.82, 2.24) is 0 Å². The maximum Gasteiger partial charge on any atom is 0.330 e. The van der Waals surface area contributed by atoms with Crippen LogP contribution in [0.5, 0.6) is 0 Å². The highest BCUT2D eigenvalue weighted by molar-refractivity contribution is 7.53. The van der Waals surface area contributed by atoms with Crippen LogP contribution in [0.3, 0.4) is 0 Å². The fourth-order valence-electron chi connectivity index (χ4n) is 0.922. The van der Waals surface area contributed by atoms with Gasteiger partial charge in [-0.15, -0.1) is 0 Å². The Balaban J connectivity index is 4.10. The SMILES string of the molecule is CCOP(=O)(CCC(N)C#N)OCC. The summed E-state index contributed by atoms with van der Waals surface area (Å²) < 4.78 is 21.9. The minimum absolute atomic E-state index is 0.198. The number of hydrogen-bond donors (Lipinski definition) is 1. The molecule has 0 saturated heterocycles. The van der Waals surface area contributed by atoms with Gasteiger partial charge in [-0.2, -0.15) is 5.26 Å². The molecule has 0 aliphatic rings. The second kappa shape index (κ2) is 6.97. The van der Waals surface area contributed by atoms with E-state index in [2.05, 4.69) is 0 Å². The van der Waals surface area contributed by atoms with E-state index in [4.69, 9.17) is 20.0 Å². The van der Waals surface area contributed by atoms with Gasteiger partial charge >= 0.3 is 7.60 Å². The molecule has 5 nitrogen and oxygen atoms in total. The molecule has 0 spiro atoms. The normalized spacial score (nSPS) is 13.6. The van der Waals surface area contributed by atoms with Gasteiger partial charge in [-0.3, -0.25) is 4.57 Å². The predicted octanol–water partition coefficient (Wildman–Crippen LogP) is 1.49. The molecule has 0 aromatic heterocycles. The van der Waals surface area contributed by atoms with E-state index < -0.39 is 13.6 Å². The Kier molecular flexibility index (Phi) is 6.77. The molecule has 0 aromatic carbocycles. The predicted molar refractivity (Wildman–Crippen MR) is 53.9 cm³/mol. The maximum absolute atomic E-state index is 11.8. The molecule has 14 heavy (non-hydrogen) atoms. The lowest BCUT2D eigenvalue weighted by Crippen LogP contribution is -2.19. The first-order valence-corrected chi connectivity index (χ1v) is 6.34. The van der Waals surface area contributed by atoms with Crippen LogP contribution in [-0.2, 0) is 13.6 Å². The van der Waals surface area contributed by atoms with E-state index in [0.717, 1.165) is 0 Å². The molecule has 0 heterocycles. The number of nitrogens with two attached hydrogens (primary N) is 1. The summed E-state index contributed by atoms with van der Waals surface area (Å²) in [6.07, 6.45) is 0.525. The van der Waals surface area contributed by atoms with E-state index in [-0.39, 0.29) is 6.16 Å². The second-order valence-corrected chi connectivity index (χ2v) is 4.88. The Hall–Kier alpha value is -0.400. The van der Waals surface area contributed by atoms with Crippen LogP contribution in [0.1, 0.15) is 20.3 Å². The molecule has 0 radical (unpaired) electrons. The van der Waals surface area contributed by atoms with Gasteiger partial charge < -0.3 is 14.8 Å². The zero-order valence-corrected chi connectivity index (χ0v) is 9.50. The van der Waals surface area contributed by atoms with Crippen LogP contribution in [0.4, 0.5) is 0 Å². The van der Waals surface area contributed by atoms with E-state index in [1.54, 1.807) is 13.8 Å². The quantitative estimate of drug-likeness (QED) is 0.657. The van der Waals surface area contributed by atoms with E-state index >= 15 is 0 Å². The maximum atomic E-state index is 11.8. The largest absolute Gasteiger partial charge is 0.330 e. The van der Waals surface area contributed by atoms with Gasteiger partial charge in [0.25, 0.3) is 0 Å². The molecule has 0 amide bonds. The van der Waals surface area contributed by atoms with Crippen molar-refractivity contribution in [2.24, 2.45) is 5.73 Å². The van der Waals surface area contributed by atoms with Gasteiger partial charge in [0.1, 0.15) is 0 Å². The zero-order chi connectivity index (χ0) is 11.0. The van der Waals surface area contributed by atoms with Gasteiger partial charge in [0.15, 0.2) is 0 Å². The van der Waals surface area contributed by atoms with E-state index in [9.17, 15) is 4.57 Å². The molecule has 1 unspecified atom stereocenters. The van der Waals surface area contributed by atoms with Crippen LogP contribution in [-0.4, -0.2) is 25.4 Å². The zero-order valence-electron chi connectivity index (χ0n) is 8.60. The van der Waals surface area contributed by atoms with Crippen LogP contribution < -0.4 is 5.73 Å². The minimum atomic E-state index is -3.02. The fourth-order valence-corrected chi connectivity index (χ4v) is 2.64. The van der Waals surface area contributed by atoms with Crippen molar-refractivity contribution >= 4 is 7.60 Å². The van der Waals surface area contributed by atoms with E-state index in [1.807, 2.05) is 6.07 Å². The topological polar surface area (TPSA) is 85.3 Å². The van der Waals surface area contributed by atoms with Crippen LogP contribution in [0.15, 0.2) is 0 Å². The average molecular weight is 220 g/mol. The summed E-state index contributed by atoms with van der Waals surface area (Å²) in [7, 11) is -3.02. The summed E-state index contributed by atoms with van der Waals surface area (Å²) in [5, 5.41) is 8.45. The Morgan fingerprint density at radius 2 is 1.93 bits per heavy atom. The van der Waals surface area contributed by atoms with Crippen molar-refractivity contribution in [2.45, 2.75) is 26.3 Å². The first kappa shape index (κ1) is 13.6. The Bertz CT molecular complexity index is 229. The van der Waals surface area contributed by atoms with Crippen LogP contribution in [0.2, 0.25) is 0 Å². The lowest BCUT2D eigenvalue weighted by atomic mass is 10.3. The van der Waals surface area contributed by atoms with Crippen molar-refractivity contribution < 1.29 is 13.6 Å². The van der Waals surface area contributed by atoms with E-state index in [0.29, 0.717) is 19.6 Å². The van der Waals surface area contributed by atoms with Crippen molar-refractivity contribution in [1.29, 1.82) is 5.26 Å². The summed E-state index contributed by atoms with van der Waals surface area (Å²) in [6, 6.07) is 1.26. The monoisotopic (exact) mass is 220 g/mol. The Morgan fingerprint density at radius 1 is 1.43 bits per heavy atom. The second-order valence-electron chi connectivity index (χ2n) is 2.69. The number of nitriles is 1. The van der Waals surface area contributed by atoms with Gasteiger partial charge in [-0.05, 0) is 20.3 Å². The van der Waals surface area contributed by atoms with Crippen LogP contribution >= 0.6 is 7.60 Å². The number of rotatable bonds is 7. The molecule has 82 valence electrons. The van der Waals surface area contributed by atoms with Gasteiger partial charge in [-0.25, -0.2) is 0 Å². The van der Waals surface area contributed by atoms with Crippen molar-refractivity contribution in [3.05, 3.63) is 0 Å². The molecule has 0 saturated carbocycles. The fraction of sp³-hybridized carbons (Fsp3) is 0.875. The first-order chi connectivity index (χ1) is 6.58. The molecule has 2 N–H and O–H groups in total. The summed E-state index contributed by atoms with van der Waals surface area (Å²) in [5.74, 6) is 0. The summed E-state index contributed by atoms with van der Waals surface area (Å²) in [6.45, 7) is 4.16. The van der Waals surface area contributed by atoms with Gasteiger partial charge in [-0.1, -0.05) is 0 Å². The lowest BCUT2D eigenvalue weighted by Gasteiger charge is -2.16. The number of hydrogen-bond acceptors (Lipinski definition) is 5. The molecule has 0 aliphatic heterocycles. The molecule has 1 atom stereocenters. The summed E-state index contributed by atoms with van der Waals surface area (Å²) in [5.41, 5.74) is 5.38. The summed E-state index contributed by atoms with van der Waals surface area (Å²) >= 11 is 0. The molecular weight excluding hydrogens is 203 g/mol. The van der Waals surface area contributed by atoms with Crippen LogP contribution in [0.25, 0.3) is 0 Å². The average Bonchev–Trinajstić information content (AvgIpc) is 2.15. The standard InChI is InChI=1S/C8H17N2O3P/c1-3-12-14(11,13-4-2)6-5-8(10)7-9/h8H,3-6,10H2,1-2H3. The highest BCUT2D eigenvalue weighted by Crippen LogP contribution is 2.48. The molecule has 0 rings (SSSR count). The first-order valence-electron chi connectivity index (χ1n) is 4.61. The minimum Gasteiger partial charge on any atom is -0.316 e. The van der Waals surface area contributed by atoms with Gasteiger partial charge in [0.05, 0.1) is 31.5 Å². The van der Waals surface area contributed by atoms with Crippen LogP contribution in [0, 0.1) is 11.3 Å². The smallest absolute Gasteiger partial charge is 0.316 e. The molecule has 0 aromatic rings. The van der Waals surface area contributed by atoms with Gasteiger partial charge in [0.2, 0.25) is 0 Å². The van der Waals surface area contributed by atoms with E-state index in [1.165, 1.54) is 0 Å². The van der Waals surface area contributed by atoms with Gasteiger partial charge in [0, 0.05) is 0 Å². The molecular formula is C8H17N2O3P. The molecule has 0 aliphatic carbocycles. The summed E-state index contributed by atoms with van der Waals surface area (Å²) in [4.78, 5) is 0. The lowest BCUT2D eigenvalue weighted by molar-refractivity contribution is 0.219. The van der Waals surface area contributed by atoms with Crippen molar-refractivity contribution in [3.8, 4) is 6.07 Å². The number of nitrogens with zero attached hydrogens (tertiary/aromatic N) is 1. The highest BCUT2D eigenvalue weighted by Gasteiger charge is 2.23. The third kappa shape index (κ3) is 5.36. The Morgan fingerprint density at radius 3 is 2.29 bits per heavy atom. The third-order valence-corrected chi connectivity index (χ3v) is 3.64. The molecule has 6 heteroatoms. The molecule has 0 fully saturated rings. The molecule has 0 bridgehead atoms.